The molecule has 0 atom stereocenters. The Morgan fingerprint density at radius 3 is 2.52 bits per heavy atom. The molecule has 158 valence electrons. The minimum absolute atomic E-state index is 0.0319. The number of carbonyl (C=O) groups is 1. The fraction of sp³-hybridized carbons (Fsp3) is 0.304. The number of benzene rings is 1. The Hall–Kier alpha value is -3.68. The number of hydrogen-bond acceptors (Lipinski definition) is 7. The quantitative estimate of drug-likeness (QED) is 0.683. The molecule has 1 saturated heterocycles. The zero-order chi connectivity index (χ0) is 21.3. The molecule has 8 nitrogen and oxygen atoms in total. The first-order chi connectivity index (χ1) is 15.2. The van der Waals surface area contributed by atoms with Crippen molar-refractivity contribution in [1.82, 2.24) is 15.0 Å². The normalized spacial score (nSPS) is 16.7. The highest BCUT2D eigenvalue weighted by atomic mass is 16.5. The van der Waals surface area contributed by atoms with Crippen molar-refractivity contribution in [2.24, 2.45) is 0 Å². The maximum Gasteiger partial charge on any atom is 0.235 e. The second kappa shape index (κ2) is 7.86. The summed E-state index contributed by atoms with van der Waals surface area (Å²) in [6.07, 6.45) is 8.31. The summed E-state index contributed by atoms with van der Waals surface area (Å²) < 4.78 is 11.6. The van der Waals surface area contributed by atoms with E-state index in [1.807, 2.05) is 24.3 Å². The van der Waals surface area contributed by atoms with E-state index >= 15 is 0 Å². The molecule has 1 N–H and O–H groups in total. The van der Waals surface area contributed by atoms with E-state index in [0.29, 0.717) is 50.0 Å². The van der Waals surface area contributed by atoms with Crippen molar-refractivity contribution >= 4 is 17.5 Å². The molecular formula is C23H23N5O3. The van der Waals surface area contributed by atoms with Crippen molar-refractivity contribution in [2.75, 3.05) is 30.4 Å². The molecule has 0 saturated carbocycles. The van der Waals surface area contributed by atoms with Gasteiger partial charge in [-0.2, -0.15) is 0 Å². The average Bonchev–Trinajstić information content (AvgIpc) is 3.08. The predicted molar refractivity (Wildman–Crippen MR) is 115 cm³/mol. The molecule has 3 aromatic rings. The molecule has 2 aliphatic heterocycles. The molecule has 0 radical (unpaired) electrons. The first-order valence-corrected chi connectivity index (χ1v) is 10.3. The summed E-state index contributed by atoms with van der Waals surface area (Å²) in [6.45, 7) is 1.81. The van der Waals surface area contributed by atoms with E-state index in [9.17, 15) is 4.79 Å². The van der Waals surface area contributed by atoms with E-state index in [1.165, 1.54) is 0 Å². The summed E-state index contributed by atoms with van der Waals surface area (Å²) in [5.74, 6) is 1.96. The second-order valence-corrected chi connectivity index (χ2v) is 7.76. The van der Waals surface area contributed by atoms with Crippen molar-refractivity contribution in [3.05, 3.63) is 66.2 Å². The Labute approximate surface area is 180 Å². The van der Waals surface area contributed by atoms with Gasteiger partial charge in [-0.1, -0.05) is 0 Å². The number of nitrogens with zero attached hydrogens (tertiary/aromatic N) is 4. The van der Waals surface area contributed by atoms with E-state index in [1.54, 1.807) is 38.0 Å². The number of amides is 1. The van der Waals surface area contributed by atoms with Crippen LogP contribution in [0.5, 0.6) is 11.5 Å². The fourth-order valence-electron chi connectivity index (χ4n) is 4.38. The molecule has 1 aromatic carbocycles. The van der Waals surface area contributed by atoms with Gasteiger partial charge in [-0.05, 0) is 48.2 Å². The van der Waals surface area contributed by atoms with Gasteiger partial charge in [0.15, 0.2) is 11.5 Å². The summed E-state index contributed by atoms with van der Waals surface area (Å²) in [5.41, 5.74) is 2.20. The molecule has 0 unspecified atom stereocenters. The maximum absolute atomic E-state index is 13.1. The number of methoxy groups -OCH3 is 1. The van der Waals surface area contributed by atoms with Crippen molar-refractivity contribution < 1.29 is 14.3 Å². The summed E-state index contributed by atoms with van der Waals surface area (Å²) in [7, 11) is 1.62. The number of nitrogens with one attached hydrogen (secondary N) is 1. The molecule has 1 fully saturated rings. The molecule has 0 aliphatic carbocycles. The third-order valence-corrected chi connectivity index (χ3v) is 6.10. The van der Waals surface area contributed by atoms with Gasteiger partial charge in [0.05, 0.1) is 12.5 Å². The van der Waals surface area contributed by atoms with Crippen LogP contribution >= 0.6 is 0 Å². The smallest absolute Gasteiger partial charge is 0.235 e. The van der Waals surface area contributed by atoms with Gasteiger partial charge in [0.25, 0.3) is 0 Å². The molecule has 2 aromatic heterocycles. The SMILES string of the molecule is COc1cc2c(cc1OCc1ccncc1)NC(=O)C21CCN(c2ncccn2)CC1. The number of anilines is 2. The van der Waals surface area contributed by atoms with Crippen molar-refractivity contribution in [3.63, 3.8) is 0 Å². The predicted octanol–water partition coefficient (Wildman–Crippen LogP) is 2.95. The minimum atomic E-state index is -0.572. The zero-order valence-electron chi connectivity index (χ0n) is 17.2. The Bertz CT molecular complexity index is 1080. The minimum Gasteiger partial charge on any atom is -0.493 e. The maximum atomic E-state index is 13.1. The number of aromatic nitrogens is 3. The lowest BCUT2D eigenvalue weighted by molar-refractivity contribution is -0.121. The van der Waals surface area contributed by atoms with Gasteiger partial charge in [0.1, 0.15) is 6.61 Å². The molecule has 8 heteroatoms. The molecule has 0 bridgehead atoms. The van der Waals surface area contributed by atoms with Crippen LogP contribution in [0.15, 0.2) is 55.1 Å². The monoisotopic (exact) mass is 417 g/mol. The van der Waals surface area contributed by atoms with Crippen LogP contribution in [0.25, 0.3) is 0 Å². The van der Waals surface area contributed by atoms with Crippen LogP contribution in [0.3, 0.4) is 0 Å². The van der Waals surface area contributed by atoms with E-state index in [0.717, 1.165) is 16.8 Å². The Balaban J connectivity index is 1.39. The molecule has 4 heterocycles. The molecule has 2 aliphatic rings. The third-order valence-electron chi connectivity index (χ3n) is 6.10. The van der Waals surface area contributed by atoms with Crippen molar-refractivity contribution in [1.29, 1.82) is 0 Å². The fourth-order valence-corrected chi connectivity index (χ4v) is 4.38. The summed E-state index contributed by atoms with van der Waals surface area (Å²) >= 11 is 0. The number of pyridine rings is 1. The topological polar surface area (TPSA) is 89.5 Å². The van der Waals surface area contributed by atoms with E-state index in [-0.39, 0.29) is 5.91 Å². The summed E-state index contributed by atoms with van der Waals surface area (Å²) in [5, 5.41) is 3.07. The highest BCUT2D eigenvalue weighted by Crippen LogP contribution is 2.49. The third kappa shape index (κ3) is 3.43. The molecule has 1 amide bonds. The lowest BCUT2D eigenvalue weighted by atomic mass is 9.73. The molecular weight excluding hydrogens is 394 g/mol. The first kappa shape index (κ1) is 19.3. The van der Waals surface area contributed by atoms with Crippen LogP contribution in [0.4, 0.5) is 11.6 Å². The van der Waals surface area contributed by atoms with Gasteiger partial charge in [-0.15, -0.1) is 0 Å². The Morgan fingerprint density at radius 2 is 1.81 bits per heavy atom. The highest BCUT2D eigenvalue weighted by Gasteiger charge is 2.49. The van der Waals surface area contributed by atoms with Crippen LogP contribution in [-0.4, -0.2) is 41.1 Å². The van der Waals surface area contributed by atoms with Gasteiger partial charge < -0.3 is 19.7 Å². The average molecular weight is 417 g/mol. The van der Waals surface area contributed by atoms with E-state index in [2.05, 4.69) is 25.2 Å². The lowest BCUT2D eigenvalue weighted by Crippen LogP contribution is -2.47. The van der Waals surface area contributed by atoms with Crippen molar-refractivity contribution in [3.8, 4) is 11.5 Å². The van der Waals surface area contributed by atoms with Crippen LogP contribution in [0, 0.1) is 0 Å². The summed E-state index contributed by atoms with van der Waals surface area (Å²) in [4.78, 5) is 27.9. The van der Waals surface area contributed by atoms with Gasteiger partial charge in [0, 0.05) is 49.6 Å². The van der Waals surface area contributed by atoms with Crippen LogP contribution in [-0.2, 0) is 16.8 Å². The van der Waals surface area contributed by atoms with E-state index < -0.39 is 5.41 Å². The number of hydrogen-bond donors (Lipinski definition) is 1. The van der Waals surface area contributed by atoms with Gasteiger partial charge in [-0.25, -0.2) is 9.97 Å². The van der Waals surface area contributed by atoms with Crippen LogP contribution in [0.2, 0.25) is 0 Å². The highest BCUT2D eigenvalue weighted by molar-refractivity contribution is 6.07. The van der Waals surface area contributed by atoms with Gasteiger partial charge in [0.2, 0.25) is 11.9 Å². The number of carbonyl (C=O) groups excluding carboxylic acids is 1. The van der Waals surface area contributed by atoms with Crippen LogP contribution in [0.1, 0.15) is 24.0 Å². The molecule has 5 rings (SSSR count). The molecule has 1 spiro atoms. The van der Waals surface area contributed by atoms with Crippen LogP contribution < -0.4 is 19.7 Å². The largest absolute Gasteiger partial charge is 0.493 e. The Kier molecular flexibility index (Phi) is 4.89. The summed E-state index contributed by atoms with van der Waals surface area (Å²) in [6, 6.07) is 9.43. The van der Waals surface area contributed by atoms with Crippen molar-refractivity contribution in [2.45, 2.75) is 24.9 Å². The second-order valence-electron chi connectivity index (χ2n) is 7.76. The number of piperidine rings is 1. The number of fused-ring (bicyclic) bond motifs is 2. The van der Waals surface area contributed by atoms with Gasteiger partial charge in [-0.3, -0.25) is 9.78 Å². The first-order valence-electron chi connectivity index (χ1n) is 10.3. The Morgan fingerprint density at radius 1 is 1.06 bits per heavy atom. The number of rotatable bonds is 5. The molecule has 31 heavy (non-hydrogen) atoms. The standard InChI is InChI=1S/C23H23N5O3/c1-30-19-13-17-18(14-20(19)31-15-16-3-9-24-10-4-16)27-21(29)23(17)5-11-28(12-6-23)22-25-7-2-8-26-22/h2-4,7-10,13-14H,5-6,11-12,15H2,1H3,(H,27,29). The lowest BCUT2D eigenvalue weighted by Gasteiger charge is -2.38. The number of ether oxygens (including phenoxy) is 2. The van der Waals surface area contributed by atoms with E-state index in [4.69, 9.17) is 9.47 Å². The zero-order valence-corrected chi connectivity index (χ0v) is 17.2. The van der Waals surface area contributed by atoms with Gasteiger partial charge >= 0.3 is 0 Å².